The van der Waals surface area contributed by atoms with E-state index in [1.807, 2.05) is 32.0 Å². The lowest BCUT2D eigenvalue weighted by molar-refractivity contribution is -0.118. The molecule has 0 radical (unpaired) electrons. The first-order chi connectivity index (χ1) is 8.56. The van der Waals surface area contributed by atoms with E-state index in [-0.39, 0.29) is 11.8 Å². The molecule has 0 saturated heterocycles. The first-order valence-electron chi connectivity index (χ1n) is 6.14. The molecule has 1 aromatic rings. The normalized spacial score (nSPS) is 12.2. The predicted octanol–water partition coefficient (Wildman–Crippen LogP) is 2.96. The van der Waals surface area contributed by atoms with Crippen LogP contribution in [0.15, 0.2) is 22.7 Å². The summed E-state index contributed by atoms with van der Waals surface area (Å²) in [6, 6.07) is 5.92. The Morgan fingerprint density at radius 1 is 1.50 bits per heavy atom. The minimum atomic E-state index is 0.229. The summed E-state index contributed by atoms with van der Waals surface area (Å²) >= 11 is 3.46. The van der Waals surface area contributed by atoms with Crippen LogP contribution >= 0.6 is 15.9 Å². The Morgan fingerprint density at radius 3 is 2.83 bits per heavy atom. The van der Waals surface area contributed by atoms with Crippen molar-refractivity contribution in [3.8, 4) is 5.75 Å². The van der Waals surface area contributed by atoms with Crippen LogP contribution in [0.3, 0.4) is 0 Å². The van der Waals surface area contributed by atoms with E-state index >= 15 is 0 Å². The number of ketones is 1. The maximum Gasteiger partial charge on any atom is 0.138 e. The van der Waals surface area contributed by atoms with Crippen molar-refractivity contribution >= 4 is 21.7 Å². The molecule has 4 heteroatoms. The van der Waals surface area contributed by atoms with Gasteiger partial charge >= 0.3 is 0 Å². The monoisotopic (exact) mass is 313 g/mol. The number of Topliss-reactive ketones (excluding diaryl/α,β-unsaturated/α-hetero) is 1. The van der Waals surface area contributed by atoms with Crippen molar-refractivity contribution in [2.75, 3.05) is 13.7 Å². The molecule has 0 aliphatic rings. The largest absolute Gasteiger partial charge is 0.497 e. The maximum absolute atomic E-state index is 11.9. The number of hydrogen-bond donors (Lipinski definition) is 1. The fourth-order valence-electron chi connectivity index (χ4n) is 1.86. The van der Waals surface area contributed by atoms with Gasteiger partial charge in [0.05, 0.1) is 7.11 Å². The summed E-state index contributed by atoms with van der Waals surface area (Å²) in [4.78, 5) is 11.9. The zero-order valence-corrected chi connectivity index (χ0v) is 12.7. The minimum Gasteiger partial charge on any atom is -0.497 e. The summed E-state index contributed by atoms with van der Waals surface area (Å²) in [5.74, 6) is 1.01. The van der Waals surface area contributed by atoms with Gasteiger partial charge in [-0.3, -0.25) is 4.79 Å². The van der Waals surface area contributed by atoms with Crippen LogP contribution in [-0.4, -0.2) is 25.5 Å². The Balaban J connectivity index is 2.63. The molecule has 0 bridgehead atoms. The molecule has 0 aliphatic heterocycles. The van der Waals surface area contributed by atoms with Gasteiger partial charge < -0.3 is 10.1 Å². The van der Waals surface area contributed by atoms with Crippen LogP contribution in [0.1, 0.15) is 25.8 Å². The second-order valence-corrected chi connectivity index (χ2v) is 5.19. The summed E-state index contributed by atoms with van der Waals surface area (Å²) in [5.41, 5.74) is 0.975. The van der Waals surface area contributed by atoms with Crippen LogP contribution in [0.2, 0.25) is 0 Å². The Bertz CT molecular complexity index is 407. The van der Waals surface area contributed by atoms with Crippen LogP contribution in [0.5, 0.6) is 5.75 Å². The van der Waals surface area contributed by atoms with Gasteiger partial charge in [0.1, 0.15) is 11.5 Å². The van der Waals surface area contributed by atoms with Crippen molar-refractivity contribution < 1.29 is 9.53 Å². The Labute approximate surface area is 117 Å². The third-order valence-corrected chi connectivity index (χ3v) is 3.50. The quantitative estimate of drug-likeness (QED) is 0.841. The number of methoxy groups -OCH3 is 1. The number of carbonyl (C=O) groups is 1. The van der Waals surface area contributed by atoms with E-state index in [0.29, 0.717) is 12.8 Å². The van der Waals surface area contributed by atoms with Crippen LogP contribution in [0.4, 0.5) is 0 Å². The molecule has 1 atom stereocenters. The maximum atomic E-state index is 11.9. The summed E-state index contributed by atoms with van der Waals surface area (Å²) in [6.07, 6.45) is 0.991. The third kappa shape index (κ3) is 4.78. The van der Waals surface area contributed by atoms with Crippen molar-refractivity contribution in [2.24, 2.45) is 0 Å². The average molecular weight is 314 g/mol. The molecule has 0 spiro atoms. The van der Waals surface area contributed by atoms with Gasteiger partial charge in [-0.15, -0.1) is 0 Å². The lowest BCUT2D eigenvalue weighted by Crippen LogP contribution is -2.28. The Hall–Kier alpha value is -0.870. The van der Waals surface area contributed by atoms with Crippen LogP contribution in [0, 0.1) is 0 Å². The van der Waals surface area contributed by atoms with Gasteiger partial charge in [-0.25, -0.2) is 0 Å². The van der Waals surface area contributed by atoms with Gasteiger partial charge in [0, 0.05) is 23.4 Å². The fourth-order valence-corrected chi connectivity index (χ4v) is 2.25. The molecule has 3 nitrogen and oxygen atoms in total. The molecule has 0 heterocycles. The molecular formula is C14H20BrNO2. The zero-order valence-electron chi connectivity index (χ0n) is 11.1. The number of nitrogens with one attached hydrogen (secondary N) is 1. The molecule has 1 aromatic carbocycles. The topological polar surface area (TPSA) is 38.3 Å². The smallest absolute Gasteiger partial charge is 0.138 e. The predicted molar refractivity (Wildman–Crippen MR) is 77.2 cm³/mol. The van der Waals surface area contributed by atoms with Gasteiger partial charge in [0.15, 0.2) is 0 Å². The SMILES string of the molecule is CCNC(C)CC(=O)Cc1cc(OC)ccc1Br. The minimum absolute atomic E-state index is 0.229. The molecule has 0 amide bonds. The van der Waals surface area contributed by atoms with Crippen molar-refractivity contribution in [2.45, 2.75) is 32.7 Å². The zero-order chi connectivity index (χ0) is 13.5. The highest BCUT2D eigenvalue weighted by Crippen LogP contribution is 2.23. The van der Waals surface area contributed by atoms with E-state index in [1.165, 1.54) is 0 Å². The molecule has 1 N–H and O–H groups in total. The van der Waals surface area contributed by atoms with Crippen molar-refractivity contribution in [1.82, 2.24) is 5.32 Å². The summed E-state index contributed by atoms with van der Waals surface area (Å²) in [6.45, 7) is 4.96. The van der Waals surface area contributed by atoms with E-state index in [9.17, 15) is 4.79 Å². The number of ether oxygens (including phenoxy) is 1. The lowest BCUT2D eigenvalue weighted by atomic mass is 10.0. The van der Waals surface area contributed by atoms with Crippen molar-refractivity contribution in [3.63, 3.8) is 0 Å². The molecule has 0 saturated carbocycles. The molecule has 1 rings (SSSR count). The summed E-state index contributed by atoms with van der Waals surface area (Å²) in [5, 5.41) is 3.24. The van der Waals surface area contributed by atoms with Gasteiger partial charge in [0.25, 0.3) is 0 Å². The second kappa shape index (κ2) is 7.54. The second-order valence-electron chi connectivity index (χ2n) is 4.34. The van der Waals surface area contributed by atoms with Crippen LogP contribution in [0.25, 0.3) is 0 Å². The number of carbonyl (C=O) groups excluding carboxylic acids is 1. The first-order valence-corrected chi connectivity index (χ1v) is 6.93. The van der Waals surface area contributed by atoms with Gasteiger partial charge in [-0.05, 0) is 37.2 Å². The molecule has 0 fully saturated rings. The number of rotatable bonds is 7. The summed E-state index contributed by atoms with van der Waals surface area (Å²) in [7, 11) is 1.63. The highest BCUT2D eigenvalue weighted by Gasteiger charge is 2.11. The van der Waals surface area contributed by atoms with E-state index in [0.717, 1.165) is 22.3 Å². The Morgan fingerprint density at radius 2 is 2.22 bits per heavy atom. The number of halogens is 1. The Kier molecular flexibility index (Phi) is 6.36. The molecule has 18 heavy (non-hydrogen) atoms. The van der Waals surface area contributed by atoms with Crippen molar-refractivity contribution in [3.05, 3.63) is 28.2 Å². The van der Waals surface area contributed by atoms with Crippen molar-refractivity contribution in [1.29, 1.82) is 0 Å². The first kappa shape index (κ1) is 15.2. The van der Waals surface area contributed by atoms with E-state index < -0.39 is 0 Å². The highest BCUT2D eigenvalue weighted by atomic mass is 79.9. The van der Waals surface area contributed by atoms with E-state index in [1.54, 1.807) is 7.11 Å². The molecule has 1 unspecified atom stereocenters. The van der Waals surface area contributed by atoms with Crippen LogP contribution in [-0.2, 0) is 11.2 Å². The van der Waals surface area contributed by atoms with Gasteiger partial charge in [-0.1, -0.05) is 22.9 Å². The molecular weight excluding hydrogens is 294 g/mol. The average Bonchev–Trinajstić information content (AvgIpc) is 2.32. The highest BCUT2D eigenvalue weighted by molar-refractivity contribution is 9.10. The molecule has 100 valence electrons. The third-order valence-electron chi connectivity index (χ3n) is 2.73. The van der Waals surface area contributed by atoms with E-state index in [4.69, 9.17) is 4.74 Å². The standard InChI is InChI=1S/C14H20BrNO2/c1-4-16-10(2)7-12(17)8-11-9-13(18-3)5-6-14(11)15/h5-6,9-10,16H,4,7-8H2,1-3H3. The molecule has 0 aliphatic carbocycles. The molecule has 0 aromatic heterocycles. The fraction of sp³-hybridized carbons (Fsp3) is 0.500. The van der Waals surface area contributed by atoms with E-state index in [2.05, 4.69) is 21.2 Å². The number of benzene rings is 1. The summed E-state index contributed by atoms with van der Waals surface area (Å²) < 4.78 is 6.12. The van der Waals surface area contributed by atoms with Gasteiger partial charge in [-0.2, -0.15) is 0 Å². The number of hydrogen-bond acceptors (Lipinski definition) is 3. The van der Waals surface area contributed by atoms with Crippen LogP contribution < -0.4 is 10.1 Å². The van der Waals surface area contributed by atoms with Gasteiger partial charge in [0.2, 0.25) is 0 Å². The lowest BCUT2D eigenvalue weighted by Gasteiger charge is -2.12.